The van der Waals surface area contributed by atoms with Crippen molar-refractivity contribution >= 4 is 62.5 Å². The molecule has 0 aliphatic heterocycles. The van der Waals surface area contributed by atoms with E-state index < -0.39 is 11.2 Å². The summed E-state index contributed by atoms with van der Waals surface area (Å²) in [6.45, 7) is 7.57. The Hall–Kier alpha value is -3.39. The lowest BCUT2D eigenvalue weighted by molar-refractivity contribution is 0.0526. The number of hydrogen-bond acceptors (Lipinski definition) is 7. The van der Waals surface area contributed by atoms with E-state index in [1.54, 1.807) is 19.1 Å². The molecule has 5 rings (SSSR count). The smallest absolute Gasteiger partial charge is 0.338 e. The van der Waals surface area contributed by atoms with Crippen LogP contribution in [0.15, 0.2) is 57.2 Å². The van der Waals surface area contributed by atoms with Crippen LogP contribution in [0.3, 0.4) is 0 Å². The van der Waals surface area contributed by atoms with Crippen molar-refractivity contribution in [1.29, 1.82) is 0 Å². The first kappa shape index (κ1) is 27.2. The van der Waals surface area contributed by atoms with Crippen molar-refractivity contribution in [3.05, 3.63) is 83.8 Å². The summed E-state index contributed by atoms with van der Waals surface area (Å²) < 4.78 is 11.7. The van der Waals surface area contributed by atoms with Crippen molar-refractivity contribution in [3.8, 4) is 0 Å². The molecule has 0 aliphatic rings. The van der Waals surface area contributed by atoms with E-state index in [0.29, 0.717) is 60.1 Å². The second-order valence-electron chi connectivity index (χ2n) is 8.77. The van der Waals surface area contributed by atoms with Gasteiger partial charge in [-0.05, 0) is 79.3 Å². The minimum atomic E-state index is -0.490. The first-order valence-corrected chi connectivity index (χ1v) is 14.7. The van der Waals surface area contributed by atoms with Crippen LogP contribution in [-0.4, -0.2) is 41.2 Å². The molecule has 0 amide bonds. The number of esters is 1. The Labute approximate surface area is 241 Å². The molecule has 1 N–H and O–H groups in total. The third-order valence-electron chi connectivity index (χ3n) is 6.41. The molecule has 12 heteroatoms. The number of rotatable bonds is 9. The molecule has 3 aromatic heterocycles. The topological polar surface area (TPSA) is 117 Å². The SMILES string of the molecule is CCOC(=O)c1ccc2c(c1)nc(SCc1nc3c(c(=O)[nH]c(=O)n3Cc3ccc(I)cc3)n1CC)n2CC. The standard InChI is InChI=1S/C27H27IN6O4S/c1-4-32-20-12-9-17(25(36)38-6-3)13-19(20)29-27(32)39-15-21-30-23-22(33(21)5-2)24(35)31-26(37)34(23)14-16-7-10-18(28)11-8-16/h7-13H,4-6,14-15H2,1-3H3,(H,31,35,37). The highest BCUT2D eigenvalue weighted by molar-refractivity contribution is 14.1. The number of aryl methyl sites for hydroxylation is 2. The quantitative estimate of drug-likeness (QED) is 0.142. The minimum Gasteiger partial charge on any atom is -0.462 e. The average molecular weight is 659 g/mol. The Kier molecular flexibility index (Phi) is 7.93. The minimum absolute atomic E-state index is 0.296. The van der Waals surface area contributed by atoms with Gasteiger partial charge in [0, 0.05) is 16.7 Å². The van der Waals surface area contributed by atoms with Crippen LogP contribution in [0.25, 0.3) is 22.2 Å². The zero-order chi connectivity index (χ0) is 27.7. The molecule has 10 nitrogen and oxygen atoms in total. The number of aromatic amines is 1. The zero-order valence-corrected chi connectivity index (χ0v) is 24.7. The predicted molar refractivity (Wildman–Crippen MR) is 159 cm³/mol. The molecule has 0 saturated carbocycles. The van der Waals surface area contributed by atoms with Gasteiger partial charge in [-0.3, -0.25) is 14.3 Å². The highest BCUT2D eigenvalue weighted by atomic mass is 127. The molecule has 3 heterocycles. The number of aromatic nitrogens is 6. The maximum absolute atomic E-state index is 12.9. The molecule has 0 aliphatic carbocycles. The van der Waals surface area contributed by atoms with Crippen molar-refractivity contribution in [1.82, 2.24) is 28.7 Å². The van der Waals surface area contributed by atoms with Gasteiger partial charge in [0.15, 0.2) is 16.3 Å². The third kappa shape index (κ3) is 5.26. The number of carbonyl (C=O) groups excluding carboxylic acids is 1. The van der Waals surface area contributed by atoms with Crippen molar-refractivity contribution in [3.63, 3.8) is 0 Å². The fraction of sp³-hybridized carbons (Fsp3) is 0.296. The van der Waals surface area contributed by atoms with Crippen molar-refractivity contribution in [2.45, 2.75) is 51.3 Å². The summed E-state index contributed by atoms with van der Waals surface area (Å²) >= 11 is 3.73. The summed E-state index contributed by atoms with van der Waals surface area (Å²) in [6.07, 6.45) is 0. The number of halogens is 1. The van der Waals surface area contributed by atoms with Crippen LogP contribution in [-0.2, 0) is 30.1 Å². The van der Waals surface area contributed by atoms with Gasteiger partial charge in [-0.15, -0.1) is 0 Å². The van der Waals surface area contributed by atoms with E-state index in [1.807, 2.05) is 48.7 Å². The number of hydrogen-bond donors (Lipinski definition) is 1. The number of H-pyrrole nitrogens is 1. The molecule has 0 fully saturated rings. The Morgan fingerprint density at radius 3 is 2.44 bits per heavy atom. The van der Waals surface area contributed by atoms with Gasteiger partial charge in [-0.1, -0.05) is 23.9 Å². The lowest BCUT2D eigenvalue weighted by Gasteiger charge is -2.08. The number of ether oxygens (including phenoxy) is 1. The number of benzene rings is 2. The maximum Gasteiger partial charge on any atom is 0.338 e. The number of fused-ring (bicyclic) bond motifs is 2. The molecule has 2 aromatic carbocycles. The van der Waals surface area contributed by atoms with Gasteiger partial charge in [0.1, 0.15) is 5.82 Å². The van der Waals surface area contributed by atoms with Crippen LogP contribution in [0.2, 0.25) is 0 Å². The van der Waals surface area contributed by atoms with Gasteiger partial charge < -0.3 is 13.9 Å². The molecule has 0 unspecified atom stereocenters. The van der Waals surface area contributed by atoms with Crippen molar-refractivity contribution in [2.24, 2.45) is 0 Å². The van der Waals surface area contributed by atoms with Crippen LogP contribution in [0.4, 0.5) is 0 Å². The van der Waals surface area contributed by atoms with E-state index in [-0.39, 0.29) is 5.97 Å². The van der Waals surface area contributed by atoms with Gasteiger partial charge >= 0.3 is 11.7 Å². The summed E-state index contributed by atoms with van der Waals surface area (Å²) in [5.74, 6) is 0.734. The van der Waals surface area contributed by atoms with Gasteiger partial charge in [-0.25, -0.2) is 19.6 Å². The summed E-state index contributed by atoms with van der Waals surface area (Å²) in [4.78, 5) is 49.9. The fourth-order valence-corrected chi connectivity index (χ4v) is 5.97. The van der Waals surface area contributed by atoms with E-state index in [4.69, 9.17) is 14.7 Å². The highest BCUT2D eigenvalue weighted by Gasteiger charge is 2.20. The second kappa shape index (κ2) is 11.4. The monoisotopic (exact) mass is 658 g/mol. The number of carbonyl (C=O) groups is 1. The van der Waals surface area contributed by atoms with Gasteiger partial charge in [-0.2, -0.15) is 0 Å². The lowest BCUT2D eigenvalue weighted by Crippen LogP contribution is -2.31. The molecule has 0 atom stereocenters. The molecule has 39 heavy (non-hydrogen) atoms. The molecule has 0 spiro atoms. The number of nitrogens with one attached hydrogen (secondary N) is 1. The first-order valence-electron chi connectivity index (χ1n) is 12.6. The second-order valence-corrected chi connectivity index (χ2v) is 11.0. The van der Waals surface area contributed by atoms with Crippen LogP contribution in [0, 0.1) is 3.57 Å². The molecule has 0 saturated heterocycles. The van der Waals surface area contributed by atoms with Gasteiger partial charge in [0.25, 0.3) is 5.56 Å². The van der Waals surface area contributed by atoms with Crippen LogP contribution in [0.5, 0.6) is 0 Å². The summed E-state index contributed by atoms with van der Waals surface area (Å²) in [6, 6.07) is 13.2. The molecule has 202 valence electrons. The van der Waals surface area contributed by atoms with Crippen LogP contribution in [0.1, 0.15) is 42.5 Å². The molecule has 5 aromatic rings. The van der Waals surface area contributed by atoms with E-state index in [9.17, 15) is 14.4 Å². The summed E-state index contributed by atoms with van der Waals surface area (Å²) in [5, 5.41) is 0.772. The molecule has 0 radical (unpaired) electrons. The normalized spacial score (nSPS) is 11.5. The largest absolute Gasteiger partial charge is 0.462 e. The number of imidazole rings is 2. The predicted octanol–water partition coefficient (Wildman–Crippen LogP) is 4.40. The molecular weight excluding hydrogens is 631 g/mol. The Morgan fingerprint density at radius 1 is 1.00 bits per heavy atom. The third-order valence-corrected chi connectivity index (χ3v) is 8.10. The molecule has 0 bridgehead atoms. The van der Waals surface area contributed by atoms with Gasteiger partial charge in [0.05, 0.1) is 35.5 Å². The van der Waals surface area contributed by atoms with Gasteiger partial charge in [0.2, 0.25) is 0 Å². The fourth-order valence-electron chi connectivity index (χ4n) is 4.58. The number of nitrogens with zero attached hydrogens (tertiary/aromatic N) is 5. The molecular formula is C27H27IN6O4S. The van der Waals surface area contributed by atoms with Crippen molar-refractivity contribution < 1.29 is 9.53 Å². The Morgan fingerprint density at radius 2 is 1.74 bits per heavy atom. The average Bonchev–Trinajstić information content (AvgIpc) is 3.48. The van der Waals surface area contributed by atoms with E-state index >= 15 is 0 Å². The van der Waals surface area contributed by atoms with Crippen LogP contribution >= 0.6 is 34.4 Å². The zero-order valence-electron chi connectivity index (χ0n) is 21.7. The van der Waals surface area contributed by atoms with E-state index in [1.165, 1.54) is 16.3 Å². The van der Waals surface area contributed by atoms with E-state index in [0.717, 1.165) is 19.8 Å². The Balaban J connectivity index is 1.51. The van der Waals surface area contributed by atoms with Crippen LogP contribution < -0.4 is 11.2 Å². The highest BCUT2D eigenvalue weighted by Crippen LogP contribution is 2.28. The lowest BCUT2D eigenvalue weighted by atomic mass is 10.2. The first-order chi connectivity index (χ1) is 18.8. The van der Waals surface area contributed by atoms with E-state index in [2.05, 4.69) is 32.1 Å². The maximum atomic E-state index is 12.9. The summed E-state index contributed by atoms with van der Waals surface area (Å²) in [7, 11) is 0. The number of thioether (sulfide) groups is 1. The van der Waals surface area contributed by atoms with Crippen molar-refractivity contribution in [2.75, 3.05) is 6.61 Å². The summed E-state index contributed by atoms with van der Waals surface area (Å²) in [5.41, 5.74) is 2.81. The Bertz CT molecular complexity index is 1800.